The molecule has 168 valence electrons. The second-order valence-corrected chi connectivity index (χ2v) is 9.78. The van der Waals surface area contributed by atoms with Crippen molar-refractivity contribution in [3.63, 3.8) is 0 Å². The van der Waals surface area contributed by atoms with Gasteiger partial charge in [0.1, 0.15) is 0 Å². The average molecular weight is 604 g/mol. The Morgan fingerprint density at radius 2 is 1.88 bits per heavy atom. The van der Waals surface area contributed by atoms with Crippen molar-refractivity contribution in [2.45, 2.75) is 31.6 Å². The van der Waals surface area contributed by atoms with E-state index in [9.17, 15) is 9.59 Å². The van der Waals surface area contributed by atoms with Crippen LogP contribution in [0.15, 0.2) is 47.6 Å². The van der Waals surface area contributed by atoms with E-state index in [-0.39, 0.29) is 22.6 Å². The Morgan fingerprint density at radius 1 is 1.16 bits per heavy atom. The first-order chi connectivity index (χ1) is 15.3. The molecule has 1 heterocycles. The third kappa shape index (κ3) is 6.37. The second kappa shape index (κ2) is 11.4. The SMILES string of the molecule is CCn1c(SCC(=O)Nc2ccc(I)cc2)nnc1[C@@H](C)NC(=O)c1ccc(Cl)cc1Cl. The summed E-state index contributed by atoms with van der Waals surface area (Å²) >= 11 is 15.5. The maximum Gasteiger partial charge on any atom is 0.253 e. The van der Waals surface area contributed by atoms with Gasteiger partial charge in [-0.2, -0.15) is 0 Å². The number of carbonyl (C=O) groups is 2. The zero-order chi connectivity index (χ0) is 23.3. The van der Waals surface area contributed by atoms with Gasteiger partial charge in [0.2, 0.25) is 5.91 Å². The van der Waals surface area contributed by atoms with Crippen molar-refractivity contribution in [2.24, 2.45) is 0 Å². The molecule has 2 amide bonds. The summed E-state index contributed by atoms with van der Waals surface area (Å²) in [7, 11) is 0. The van der Waals surface area contributed by atoms with Gasteiger partial charge in [0.15, 0.2) is 11.0 Å². The van der Waals surface area contributed by atoms with Crippen molar-refractivity contribution < 1.29 is 9.59 Å². The summed E-state index contributed by atoms with van der Waals surface area (Å²) in [5.74, 6) is 0.301. The van der Waals surface area contributed by atoms with E-state index in [2.05, 4.69) is 43.4 Å². The molecule has 0 radical (unpaired) electrons. The molecule has 3 aromatic rings. The van der Waals surface area contributed by atoms with Gasteiger partial charge in [-0.05, 0) is 78.9 Å². The Labute approximate surface area is 213 Å². The minimum atomic E-state index is -0.420. The van der Waals surface area contributed by atoms with Crippen molar-refractivity contribution in [1.29, 1.82) is 0 Å². The minimum Gasteiger partial charge on any atom is -0.342 e. The molecule has 0 aliphatic carbocycles. The molecular formula is C21H20Cl2IN5O2S. The van der Waals surface area contributed by atoms with Crippen LogP contribution < -0.4 is 10.6 Å². The summed E-state index contributed by atoms with van der Waals surface area (Å²) < 4.78 is 2.97. The van der Waals surface area contributed by atoms with Crippen LogP contribution in [0.5, 0.6) is 0 Å². The van der Waals surface area contributed by atoms with Gasteiger partial charge in [0.25, 0.3) is 5.91 Å². The quantitative estimate of drug-likeness (QED) is 0.265. The Bertz CT molecular complexity index is 1120. The largest absolute Gasteiger partial charge is 0.342 e. The normalized spacial score (nSPS) is 11.8. The second-order valence-electron chi connectivity index (χ2n) is 6.75. The highest BCUT2D eigenvalue weighted by Gasteiger charge is 2.21. The zero-order valence-electron chi connectivity index (χ0n) is 17.2. The molecule has 0 saturated carbocycles. The van der Waals surface area contributed by atoms with Crippen molar-refractivity contribution in [2.75, 3.05) is 11.1 Å². The van der Waals surface area contributed by atoms with Crippen molar-refractivity contribution in [3.05, 3.63) is 67.5 Å². The van der Waals surface area contributed by atoms with Crippen molar-refractivity contribution in [1.82, 2.24) is 20.1 Å². The molecule has 7 nitrogen and oxygen atoms in total. The molecule has 11 heteroatoms. The van der Waals surface area contributed by atoms with Crippen LogP contribution in [0.1, 0.15) is 36.1 Å². The van der Waals surface area contributed by atoms with E-state index in [0.717, 1.165) is 9.26 Å². The zero-order valence-corrected chi connectivity index (χ0v) is 21.7. The molecule has 0 unspecified atom stereocenters. The molecule has 1 aromatic heterocycles. The topological polar surface area (TPSA) is 88.9 Å². The number of nitrogens with one attached hydrogen (secondary N) is 2. The van der Waals surface area contributed by atoms with E-state index in [4.69, 9.17) is 23.2 Å². The molecule has 0 bridgehead atoms. The fourth-order valence-corrected chi connectivity index (χ4v) is 4.56. The van der Waals surface area contributed by atoms with Crippen LogP contribution in [0, 0.1) is 3.57 Å². The fraction of sp³-hybridized carbons (Fsp3) is 0.238. The molecule has 3 rings (SSSR count). The maximum absolute atomic E-state index is 12.6. The van der Waals surface area contributed by atoms with E-state index in [0.29, 0.717) is 28.1 Å². The summed E-state index contributed by atoms with van der Waals surface area (Å²) in [4.78, 5) is 24.9. The first kappa shape index (κ1) is 24.8. The minimum absolute atomic E-state index is 0.137. The third-order valence-electron chi connectivity index (χ3n) is 4.43. The summed E-state index contributed by atoms with van der Waals surface area (Å²) in [6.07, 6.45) is 0. The van der Waals surface area contributed by atoms with Gasteiger partial charge in [0.05, 0.1) is 22.4 Å². The van der Waals surface area contributed by atoms with Gasteiger partial charge in [-0.3, -0.25) is 9.59 Å². The van der Waals surface area contributed by atoms with Gasteiger partial charge in [-0.1, -0.05) is 35.0 Å². The van der Waals surface area contributed by atoms with Gasteiger partial charge < -0.3 is 15.2 Å². The Balaban J connectivity index is 1.63. The van der Waals surface area contributed by atoms with Crippen LogP contribution >= 0.6 is 57.6 Å². The van der Waals surface area contributed by atoms with Crippen LogP contribution in [0.3, 0.4) is 0 Å². The number of thioether (sulfide) groups is 1. The van der Waals surface area contributed by atoms with Gasteiger partial charge in [-0.25, -0.2) is 0 Å². The van der Waals surface area contributed by atoms with Crippen LogP contribution in [0.2, 0.25) is 10.0 Å². The number of halogens is 3. The summed E-state index contributed by atoms with van der Waals surface area (Å²) in [5.41, 5.74) is 1.07. The smallest absolute Gasteiger partial charge is 0.253 e. The highest BCUT2D eigenvalue weighted by atomic mass is 127. The number of carbonyl (C=O) groups excluding carboxylic acids is 2. The third-order valence-corrected chi connectivity index (χ3v) is 6.67. The highest BCUT2D eigenvalue weighted by molar-refractivity contribution is 14.1. The molecule has 0 aliphatic rings. The van der Waals surface area contributed by atoms with Gasteiger partial charge in [0, 0.05) is 20.8 Å². The van der Waals surface area contributed by atoms with Crippen LogP contribution in [-0.2, 0) is 11.3 Å². The molecule has 0 spiro atoms. The van der Waals surface area contributed by atoms with E-state index in [1.165, 1.54) is 17.8 Å². The lowest BCUT2D eigenvalue weighted by molar-refractivity contribution is -0.113. The van der Waals surface area contributed by atoms with Gasteiger partial charge >= 0.3 is 0 Å². The molecular weight excluding hydrogens is 584 g/mol. The molecule has 0 aliphatic heterocycles. The molecule has 0 saturated heterocycles. The number of anilines is 1. The number of hydrogen-bond donors (Lipinski definition) is 2. The molecule has 2 N–H and O–H groups in total. The molecule has 1 atom stereocenters. The summed E-state index contributed by atoms with van der Waals surface area (Å²) in [6, 6.07) is 11.8. The highest BCUT2D eigenvalue weighted by Crippen LogP contribution is 2.24. The number of hydrogen-bond acceptors (Lipinski definition) is 5. The first-order valence-corrected chi connectivity index (χ1v) is 12.5. The molecule has 32 heavy (non-hydrogen) atoms. The summed E-state index contributed by atoms with van der Waals surface area (Å²) in [6.45, 7) is 4.36. The summed E-state index contributed by atoms with van der Waals surface area (Å²) in [5, 5.41) is 15.5. The van der Waals surface area contributed by atoms with Crippen LogP contribution in [-0.4, -0.2) is 32.3 Å². The molecule has 0 fully saturated rings. The lowest BCUT2D eigenvalue weighted by Crippen LogP contribution is -2.29. The van der Waals surface area contributed by atoms with E-state index in [1.54, 1.807) is 12.1 Å². The number of benzene rings is 2. The molecule has 2 aromatic carbocycles. The van der Waals surface area contributed by atoms with E-state index in [1.807, 2.05) is 42.7 Å². The average Bonchev–Trinajstić information content (AvgIpc) is 3.17. The number of nitrogens with zero attached hydrogens (tertiary/aromatic N) is 3. The number of rotatable bonds is 8. The standard InChI is InChI=1S/C21H20Cl2IN5O2S/c1-3-29-19(12(2)25-20(31)16-9-4-13(22)10-17(16)23)27-28-21(29)32-11-18(30)26-15-7-5-14(24)6-8-15/h4-10,12H,3,11H2,1-2H3,(H,25,31)(H,26,30)/t12-/m1/s1. The van der Waals surface area contributed by atoms with Crippen LogP contribution in [0.4, 0.5) is 5.69 Å². The lowest BCUT2D eigenvalue weighted by atomic mass is 10.2. The van der Waals surface area contributed by atoms with E-state index >= 15 is 0 Å². The van der Waals surface area contributed by atoms with Gasteiger partial charge in [-0.15, -0.1) is 10.2 Å². The predicted molar refractivity (Wildman–Crippen MR) is 137 cm³/mol. The van der Waals surface area contributed by atoms with E-state index < -0.39 is 6.04 Å². The Hall–Kier alpha value is -1.82. The Kier molecular flexibility index (Phi) is 8.80. The van der Waals surface area contributed by atoms with Crippen molar-refractivity contribution >= 4 is 75.1 Å². The fourth-order valence-electron chi connectivity index (χ4n) is 2.90. The lowest BCUT2D eigenvalue weighted by Gasteiger charge is -2.15. The number of aromatic nitrogens is 3. The predicted octanol–water partition coefficient (Wildman–Crippen LogP) is 5.43. The van der Waals surface area contributed by atoms with Crippen LogP contribution in [0.25, 0.3) is 0 Å². The monoisotopic (exact) mass is 603 g/mol. The first-order valence-electron chi connectivity index (χ1n) is 9.65. The maximum atomic E-state index is 12.6. The van der Waals surface area contributed by atoms with Crippen molar-refractivity contribution in [3.8, 4) is 0 Å². The number of amides is 2. The Morgan fingerprint density at radius 3 is 2.53 bits per heavy atom.